The molecule has 7 nitrogen and oxygen atoms in total. The van der Waals surface area contributed by atoms with Crippen LogP contribution in [-0.4, -0.2) is 83.9 Å². The molecule has 0 saturated heterocycles. The highest BCUT2D eigenvalue weighted by molar-refractivity contribution is 7.99. The Morgan fingerprint density at radius 2 is 1.68 bits per heavy atom. The first-order chi connectivity index (χ1) is 21.0. The van der Waals surface area contributed by atoms with Gasteiger partial charge >= 0.3 is 0 Å². The number of aliphatic hydroxyl groups excluding tert-OH is 2. The van der Waals surface area contributed by atoms with Gasteiger partial charge in [-0.1, -0.05) is 95.3 Å². The number of aliphatic hydroxyl groups is 2. The van der Waals surface area contributed by atoms with Gasteiger partial charge in [-0.2, -0.15) is 11.8 Å². The largest absolute Gasteiger partial charge is 0.390 e. The van der Waals surface area contributed by atoms with Gasteiger partial charge in [-0.25, -0.2) is 0 Å². The van der Waals surface area contributed by atoms with E-state index in [0.29, 0.717) is 30.9 Å². The van der Waals surface area contributed by atoms with E-state index >= 15 is 0 Å². The Morgan fingerprint density at radius 1 is 0.977 bits per heavy atom. The average Bonchev–Trinajstić information content (AvgIpc) is 3.00. The van der Waals surface area contributed by atoms with E-state index in [0.717, 1.165) is 36.1 Å². The van der Waals surface area contributed by atoms with Crippen LogP contribution in [0, 0.1) is 23.7 Å². The van der Waals surface area contributed by atoms with Gasteiger partial charge in [0.15, 0.2) is 0 Å². The number of rotatable bonds is 18. The van der Waals surface area contributed by atoms with Gasteiger partial charge in [-0.15, -0.1) is 0 Å². The van der Waals surface area contributed by atoms with Crippen LogP contribution in [0.15, 0.2) is 42.5 Å². The summed E-state index contributed by atoms with van der Waals surface area (Å²) in [6.07, 6.45) is 5.63. The Morgan fingerprint density at radius 3 is 2.39 bits per heavy atom. The molecule has 0 aromatic heterocycles. The van der Waals surface area contributed by atoms with Gasteiger partial charge in [0.2, 0.25) is 11.8 Å². The Kier molecular flexibility index (Phi) is 15.5. The van der Waals surface area contributed by atoms with Crippen molar-refractivity contribution in [1.82, 2.24) is 15.5 Å². The monoisotopic (exact) mass is 627 g/mol. The number of thioether (sulfide) groups is 1. The molecule has 0 heterocycles. The number of hydrogen-bond acceptors (Lipinski definition) is 6. The molecule has 1 aliphatic rings. The third-order valence-corrected chi connectivity index (χ3v) is 10.0. The minimum Gasteiger partial charge on any atom is -0.390 e. The lowest BCUT2D eigenvalue weighted by Crippen LogP contribution is -2.52. The predicted molar refractivity (Wildman–Crippen MR) is 184 cm³/mol. The Hall–Kier alpha value is -2.13. The molecule has 0 radical (unpaired) electrons. The zero-order valence-corrected chi connectivity index (χ0v) is 28.5. The van der Waals surface area contributed by atoms with Crippen LogP contribution in [0.4, 0.5) is 0 Å². The highest BCUT2D eigenvalue weighted by Crippen LogP contribution is 2.29. The van der Waals surface area contributed by atoms with Gasteiger partial charge in [0.05, 0.1) is 24.0 Å². The summed E-state index contributed by atoms with van der Waals surface area (Å²) in [7, 11) is 4.11. The van der Waals surface area contributed by atoms with Gasteiger partial charge in [0.25, 0.3) is 0 Å². The third-order valence-electron chi connectivity index (χ3n) is 8.91. The van der Waals surface area contributed by atoms with Gasteiger partial charge in [0.1, 0.15) is 6.10 Å². The fraction of sp³-hybridized carbons (Fsp3) is 0.667. The first-order valence-electron chi connectivity index (χ1n) is 16.7. The SMILES string of the molecule is CC(C)CC(O)C(O)C(CC1CCCCC1)NC(=O)C(C)CNC(=O)C(CSCCN(C)C)Cc1cccc2ccccc12. The van der Waals surface area contributed by atoms with E-state index < -0.39 is 24.2 Å². The second kappa shape index (κ2) is 18.7. The maximum atomic E-state index is 13.6. The fourth-order valence-corrected chi connectivity index (χ4v) is 7.42. The van der Waals surface area contributed by atoms with E-state index in [-0.39, 0.29) is 30.2 Å². The lowest BCUT2D eigenvalue weighted by Gasteiger charge is -2.33. The topological polar surface area (TPSA) is 102 Å². The van der Waals surface area contributed by atoms with E-state index in [1.807, 2.05) is 32.9 Å². The van der Waals surface area contributed by atoms with Crippen LogP contribution in [0.5, 0.6) is 0 Å². The first-order valence-corrected chi connectivity index (χ1v) is 17.8. The molecular weight excluding hydrogens is 570 g/mol. The summed E-state index contributed by atoms with van der Waals surface area (Å²) in [5, 5.41) is 30.3. The summed E-state index contributed by atoms with van der Waals surface area (Å²) in [6.45, 7) is 7.02. The van der Waals surface area contributed by atoms with Crippen molar-refractivity contribution in [3.8, 4) is 0 Å². The second-order valence-electron chi connectivity index (χ2n) is 13.6. The first kappa shape index (κ1) is 36.3. The van der Waals surface area contributed by atoms with Gasteiger partial charge in [0, 0.05) is 24.6 Å². The van der Waals surface area contributed by atoms with Crippen molar-refractivity contribution in [1.29, 1.82) is 0 Å². The van der Waals surface area contributed by atoms with Crippen molar-refractivity contribution in [2.45, 2.75) is 90.4 Å². The lowest BCUT2D eigenvalue weighted by atomic mass is 9.82. The number of carbonyl (C=O) groups is 2. The summed E-state index contributed by atoms with van der Waals surface area (Å²) in [4.78, 5) is 29.1. The van der Waals surface area contributed by atoms with Crippen LogP contribution in [0.25, 0.3) is 10.8 Å². The van der Waals surface area contributed by atoms with Crippen molar-refractivity contribution in [3.05, 3.63) is 48.0 Å². The molecule has 0 aliphatic heterocycles. The third kappa shape index (κ3) is 12.0. The van der Waals surface area contributed by atoms with Crippen molar-refractivity contribution in [2.75, 3.05) is 38.7 Å². The van der Waals surface area contributed by atoms with Gasteiger partial charge in [-0.05, 0) is 61.5 Å². The summed E-state index contributed by atoms with van der Waals surface area (Å²) in [5.74, 6) is 1.38. The minimum atomic E-state index is -1.02. The Labute approximate surface area is 269 Å². The van der Waals surface area contributed by atoms with E-state index in [1.165, 1.54) is 24.6 Å². The van der Waals surface area contributed by atoms with Crippen LogP contribution in [0.2, 0.25) is 0 Å². The van der Waals surface area contributed by atoms with E-state index in [1.54, 1.807) is 11.8 Å². The van der Waals surface area contributed by atoms with Crippen molar-refractivity contribution < 1.29 is 19.8 Å². The van der Waals surface area contributed by atoms with E-state index in [9.17, 15) is 19.8 Å². The smallest absolute Gasteiger partial charge is 0.224 e. The van der Waals surface area contributed by atoms with Crippen LogP contribution in [-0.2, 0) is 16.0 Å². The van der Waals surface area contributed by atoms with Crippen LogP contribution < -0.4 is 10.6 Å². The van der Waals surface area contributed by atoms with Crippen LogP contribution in [0.3, 0.4) is 0 Å². The predicted octanol–water partition coefficient (Wildman–Crippen LogP) is 5.27. The van der Waals surface area contributed by atoms with Crippen molar-refractivity contribution in [2.24, 2.45) is 23.7 Å². The molecule has 246 valence electrons. The second-order valence-corrected chi connectivity index (χ2v) is 14.8. The highest BCUT2D eigenvalue weighted by atomic mass is 32.2. The molecule has 0 spiro atoms. The molecule has 2 amide bonds. The molecule has 1 fully saturated rings. The molecule has 5 unspecified atom stereocenters. The molecule has 44 heavy (non-hydrogen) atoms. The summed E-state index contributed by atoms with van der Waals surface area (Å²) in [6, 6.07) is 14.0. The number of nitrogens with one attached hydrogen (secondary N) is 2. The normalized spacial score (nSPS) is 17.8. The summed E-state index contributed by atoms with van der Waals surface area (Å²) < 4.78 is 0. The molecular formula is C36H57N3O4S. The molecule has 3 rings (SSSR count). The van der Waals surface area contributed by atoms with Gasteiger partial charge in [-0.3, -0.25) is 9.59 Å². The van der Waals surface area contributed by atoms with Crippen LogP contribution in [0.1, 0.15) is 71.3 Å². The molecule has 4 N–H and O–H groups in total. The van der Waals surface area contributed by atoms with Gasteiger partial charge < -0.3 is 25.7 Å². The Bertz CT molecular complexity index is 1150. The quantitative estimate of drug-likeness (QED) is 0.168. The standard InChI is InChI=1S/C36H57N3O4S/c1-25(2)20-33(40)34(41)32(21-27-12-7-6-8-13-27)38-35(42)26(3)23-37-36(43)30(24-44-19-18-39(4)5)22-29-16-11-15-28-14-9-10-17-31(28)29/h9-11,14-17,25-27,30,32-34,40-41H,6-8,12-13,18-24H2,1-5H3,(H,37,43)(H,38,42). The zero-order chi connectivity index (χ0) is 32.1. The van der Waals surface area contributed by atoms with Crippen molar-refractivity contribution >= 4 is 34.3 Å². The molecule has 8 heteroatoms. The number of nitrogens with zero attached hydrogens (tertiary/aromatic N) is 1. The van der Waals surface area contributed by atoms with E-state index in [2.05, 4.69) is 60.0 Å². The number of benzene rings is 2. The maximum absolute atomic E-state index is 13.6. The number of fused-ring (bicyclic) bond motifs is 1. The average molecular weight is 628 g/mol. The Balaban J connectivity index is 1.64. The maximum Gasteiger partial charge on any atom is 0.224 e. The van der Waals surface area contributed by atoms with Crippen LogP contribution >= 0.6 is 11.8 Å². The number of carbonyl (C=O) groups excluding carboxylic acids is 2. The molecule has 1 saturated carbocycles. The van der Waals surface area contributed by atoms with Crippen molar-refractivity contribution in [3.63, 3.8) is 0 Å². The zero-order valence-electron chi connectivity index (χ0n) is 27.6. The fourth-order valence-electron chi connectivity index (χ4n) is 6.21. The molecule has 1 aliphatic carbocycles. The summed E-state index contributed by atoms with van der Waals surface area (Å²) in [5.41, 5.74) is 1.15. The number of hydrogen-bond donors (Lipinski definition) is 4. The number of amides is 2. The molecule has 0 bridgehead atoms. The molecule has 2 aromatic rings. The summed E-state index contributed by atoms with van der Waals surface area (Å²) >= 11 is 1.78. The highest BCUT2D eigenvalue weighted by Gasteiger charge is 2.32. The lowest BCUT2D eigenvalue weighted by molar-refractivity contribution is -0.128. The molecule has 2 aromatic carbocycles. The minimum absolute atomic E-state index is 0.0407. The molecule has 5 atom stereocenters. The van der Waals surface area contributed by atoms with E-state index in [4.69, 9.17) is 0 Å².